The van der Waals surface area contributed by atoms with Crippen LogP contribution in [0.4, 0.5) is 10.5 Å². The molecule has 1 saturated heterocycles. The molecule has 1 aliphatic rings. The second kappa shape index (κ2) is 15.1. The molecule has 4 heterocycles. The maximum atomic E-state index is 13.7. The van der Waals surface area contributed by atoms with Crippen molar-refractivity contribution in [2.24, 2.45) is 5.41 Å². The lowest BCUT2D eigenvalue weighted by Crippen LogP contribution is -2.44. The van der Waals surface area contributed by atoms with Crippen LogP contribution in [0.25, 0.3) is 11.2 Å². The number of alkyl carbamates (subject to hydrolysis) is 1. The molecule has 46 heavy (non-hydrogen) atoms. The van der Waals surface area contributed by atoms with E-state index in [2.05, 4.69) is 46.1 Å². The highest BCUT2D eigenvalue weighted by Crippen LogP contribution is 2.30. The average molecular weight is 637 g/mol. The molecular formula is C32H44N8O6. The van der Waals surface area contributed by atoms with Gasteiger partial charge in [0, 0.05) is 26.9 Å². The number of hydrogen-bond donors (Lipinski definition) is 2. The molecule has 2 N–H and O–H groups in total. The zero-order chi connectivity index (χ0) is 33.4. The van der Waals surface area contributed by atoms with Gasteiger partial charge in [-0.05, 0) is 62.1 Å². The molecule has 0 aromatic carbocycles. The number of fused-ring (bicyclic) bond motifs is 1. The number of pyridine rings is 1. The van der Waals surface area contributed by atoms with Crippen molar-refractivity contribution in [2.45, 2.75) is 78.1 Å². The summed E-state index contributed by atoms with van der Waals surface area (Å²) in [5.41, 5.74) is 1.72. The Balaban J connectivity index is 1.61. The van der Waals surface area contributed by atoms with Gasteiger partial charge in [-0.3, -0.25) is 19.0 Å². The summed E-state index contributed by atoms with van der Waals surface area (Å²) in [6.07, 6.45) is 9.05. The van der Waals surface area contributed by atoms with Crippen molar-refractivity contribution in [1.29, 1.82) is 0 Å². The monoisotopic (exact) mass is 636 g/mol. The number of hydrogen-bond acceptors (Lipinski definition) is 9. The molecular weight excluding hydrogens is 592 g/mol. The number of imidazole rings is 1. The van der Waals surface area contributed by atoms with Crippen LogP contribution in [0.2, 0.25) is 0 Å². The Hall–Kier alpha value is -4.59. The highest BCUT2D eigenvalue weighted by atomic mass is 16.5. The molecule has 1 aliphatic heterocycles. The first-order chi connectivity index (χ1) is 21.9. The van der Waals surface area contributed by atoms with E-state index in [1.807, 2.05) is 4.57 Å². The minimum Gasteiger partial charge on any atom is -0.453 e. The van der Waals surface area contributed by atoms with Gasteiger partial charge in [0.1, 0.15) is 35.6 Å². The molecule has 0 aliphatic carbocycles. The predicted molar refractivity (Wildman–Crippen MR) is 172 cm³/mol. The first-order valence-electron chi connectivity index (χ1n) is 15.4. The van der Waals surface area contributed by atoms with Crippen molar-refractivity contribution < 1.29 is 23.9 Å². The summed E-state index contributed by atoms with van der Waals surface area (Å²) in [5.74, 6) is -0.210. The van der Waals surface area contributed by atoms with Crippen molar-refractivity contribution in [3.8, 4) is 0 Å². The second-order valence-electron chi connectivity index (χ2n) is 12.7. The van der Waals surface area contributed by atoms with E-state index in [1.165, 1.54) is 28.7 Å². The van der Waals surface area contributed by atoms with Crippen molar-refractivity contribution >= 4 is 34.8 Å². The number of carbonyl (C=O) groups excluding carboxylic acids is 3. The van der Waals surface area contributed by atoms with Crippen LogP contribution in [0.15, 0.2) is 41.6 Å². The van der Waals surface area contributed by atoms with Gasteiger partial charge in [-0.15, -0.1) is 0 Å². The molecule has 4 rings (SSSR count). The molecule has 3 amide bonds. The zero-order valence-corrected chi connectivity index (χ0v) is 27.4. The molecule has 14 heteroatoms. The fourth-order valence-electron chi connectivity index (χ4n) is 5.17. The minimum atomic E-state index is -1.02. The topological polar surface area (TPSA) is 163 Å². The maximum absolute atomic E-state index is 13.7. The smallest absolute Gasteiger partial charge is 0.407 e. The summed E-state index contributed by atoms with van der Waals surface area (Å²) < 4.78 is 14.2. The molecule has 0 bridgehead atoms. The normalized spacial score (nSPS) is 15.9. The summed E-state index contributed by atoms with van der Waals surface area (Å²) in [5, 5.41) is 5.16. The summed E-state index contributed by atoms with van der Waals surface area (Å²) in [6, 6.07) is 2.14. The van der Waals surface area contributed by atoms with Gasteiger partial charge in [-0.2, -0.15) is 0 Å². The number of rotatable bonds is 11. The Morgan fingerprint density at radius 3 is 2.67 bits per heavy atom. The lowest BCUT2D eigenvalue weighted by atomic mass is 9.90. The number of aromatic nitrogens is 5. The van der Waals surface area contributed by atoms with Crippen LogP contribution in [-0.2, 0) is 32.0 Å². The average Bonchev–Trinajstić information content (AvgIpc) is 3.38. The maximum Gasteiger partial charge on any atom is 0.407 e. The third kappa shape index (κ3) is 8.77. The van der Waals surface area contributed by atoms with E-state index in [1.54, 1.807) is 38.8 Å². The first kappa shape index (κ1) is 34.3. The van der Waals surface area contributed by atoms with Crippen LogP contribution >= 0.6 is 0 Å². The lowest BCUT2D eigenvalue weighted by Gasteiger charge is -2.25. The fraction of sp³-hybridized carbons (Fsp3) is 0.531. The van der Waals surface area contributed by atoms with E-state index in [0.717, 1.165) is 25.0 Å². The highest BCUT2D eigenvalue weighted by molar-refractivity contribution is 5.96. The van der Waals surface area contributed by atoms with Gasteiger partial charge >= 0.3 is 6.09 Å². The van der Waals surface area contributed by atoms with Gasteiger partial charge in [-0.1, -0.05) is 26.8 Å². The van der Waals surface area contributed by atoms with Gasteiger partial charge in [0.05, 0.1) is 19.3 Å². The van der Waals surface area contributed by atoms with Crippen molar-refractivity contribution in [3.05, 3.63) is 58.7 Å². The van der Waals surface area contributed by atoms with Crippen LogP contribution in [0.5, 0.6) is 0 Å². The largest absolute Gasteiger partial charge is 0.453 e. The van der Waals surface area contributed by atoms with E-state index in [4.69, 9.17) is 9.72 Å². The van der Waals surface area contributed by atoms with Gasteiger partial charge < -0.3 is 29.6 Å². The van der Waals surface area contributed by atoms with Crippen molar-refractivity contribution in [3.63, 3.8) is 0 Å². The number of anilines is 1. The van der Waals surface area contributed by atoms with Gasteiger partial charge in [0.15, 0.2) is 5.65 Å². The SMILES string of the molecule is COC(=O)NC(CC/C=C/C(=O)N(C)C)C(=O)Nc1cccn(Cc2nc3c(CC(C)(C)C)ncnc3n2C2CCCCO2)c1=O. The van der Waals surface area contributed by atoms with Crippen LogP contribution in [0.1, 0.15) is 70.6 Å². The second-order valence-corrected chi connectivity index (χ2v) is 12.7. The lowest BCUT2D eigenvalue weighted by molar-refractivity contribution is -0.123. The Morgan fingerprint density at radius 2 is 2.00 bits per heavy atom. The molecule has 3 aromatic rings. The summed E-state index contributed by atoms with van der Waals surface area (Å²) >= 11 is 0. The molecule has 2 atom stereocenters. The number of carbonyl (C=O) groups is 3. The zero-order valence-electron chi connectivity index (χ0n) is 27.4. The Kier molecular flexibility index (Phi) is 11.3. The van der Waals surface area contributed by atoms with E-state index < -0.39 is 23.6 Å². The summed E-state index contributed by atoms with van der Waals surface area (Å²) in [6.45, 7) is 7.12. The number of allylic oxidation sites excluding steroid dienone is 1. The quantitative estimate of drug-likeness (QED) is 0.300. The molecule has 2 unspecified atom stereocenters. The number of methoxy groups -OCH3 is 1. The first-order valence-corrected chi connectivity index (χ1v) is 15.4. The number of amides is 3. The van der Waals surface area contributed by atoms with Crippen LogP contribution in [0, 0.1) is 5.41 Å². The van der Waals surface area contributed by atoms with E-state index in [9.17, 15) is 19.2 Å². The molecule has 3 aromatic heterocycles. The Bertz CT molecular complexity index is 1630. The number of ether oxygens (including phenoxy) is 2. The van der Waals surface area contributed by atoms with Gasteiger partial charge in [0.2, 0.25) is 11.8 Å². The Labute approximate surface area is 268 Å². The van der Waals surface area contributed by atoms with E-state index >= 15 is 0 Å². The predicted octanol–water partition coefficient (Wildman–Crippen LogP) is 3.41. The third-order valence-electron chi connectivity index (χ3n) is 7.47. The molecule has 0 saturated carbocycles. The number of nitrogens with zero attached hydrogens (tertiary/aromatic N) is 6. The van der Waals surface area contributed by atoms with Crippen LogP contribution < -0.4 is 16.2 Å². The van der Waals surface area contributed by atoms with Crippen LogP contribution in [0.3, 0.4) is 0 Å². The van der Waals surface area contributed by atoms with Crippen molar-refractivity contribution in [1.82, 2.24) is 34.3 Å². The fourth-order valence-corrected chi connectivity index (χ4v) is 5.17. The molecule has 0 spiro atoms. The molecule has 1 fully saturated rings. The van der Waals surface area contributed by atoms with E-state index in [0.29, 0.717) is 36.4 Å². The van der Waals surface area contributed by atoms with Gasteiger partial charge in [0.25, 0.3) is 5.56 Å². The van der Waals surface area contributed by atoms with E-state index in [-0.39, 0.29) is 36.2 Å². The molecule has 248 valence electrons. The third-order valence-corrected chi connectivity index (χ3v) is 7.47. The van der Waals surface area contributed by atoms with Gasteiger partial charge in [-0.25, -0.2) is 19.7 Å². The molecule has 0 radical (unpaired) electrons. The molecule has 14 nitrogen and oxygen atoms in total. The highest BCUT2D eigenvalue weighted by Gasteiger charge is 2.27. The minimum absolute atomic E-state index is 0.0312. The van der Waals surface area contributed by atoms with Crippen LogP contribution in [-0.4, -0.2) is 80.7 Å². The summed E-state index contributed by atoms with van der Waals surface area (Å²) in [4.78, 5) is 66.2. The standard InChI is InChI=1S/C32H44N8O6/c1-32(2,3)18-23-27-28(34-20-33-23)40(26-15-9-10-17-46-26)24(37-27)19-39-16-11-13-22(30(39)43)35-29(42)21(36-31(44)45-6)12-7-8-14-25(41)38(4)5/h8,11,13-14,16,20-21,26H,7,9-10,12,15,17-19H2,1-6H3,(H,35,42)(H,36,44)/b14-8+. The van der Waals surface area contributed by atoms with Crippen molar-refractivity contribution in [2.75, 3.05) is 33.1 Å². The summed E-state index contributed by atoms with van der Waals surface area (Å²) in [7, 11) is 4.46. The Morgan fingerprint density at radius 1 is 1.22 bits per heavy atom. The number of likely N-dealkylation sites (N-methyl/N-ethyl adjacent to an activating group) is 1. The number of nitrogens with one attached hydrogen (secondary N) is 2.